The van der Waals surface area contributed by atoms with E-state index >= 15 is 0 Å². The van der Waals surface area contributed by atoms with E-state index in [0.29, 0.717) is 10.4 Å². The first-order valence-corrected chi connectivity index (χ1v) is 8.37. The summed E-state index contributed by atoms with van der Waals surface area (Å²) in [5.41, 5.74) is 1.63. The van der Waals surface area contributed by atoms with Gasteiger partial charge in [-0.3, -0.25) is 4.79 Å². The minimum absolute atomic E-state index is 0. The fourth-order valence-electron chi connectivity index (χ4n) is 2.38. The van der Waals surface area contributed by atoms with Crippen LogP contribution in [0.4, 0.5) is 14.5 Å². The van der Waals surface area contributed by atoms with E-state index in [1.807, 2.05) is 6.92 Å². The van der Waals surface area contributed by atoms with E-state index in [4.69, 9.17) is 0 Å². The van der Waals surface area contributed by atoms with Crippen molar-refractivity contribution in [2.24, 2.45) is 0 Å². The predicted molar refractivity (Wildman–Crippen MR) is 102 cm³/mol. The molecule has 0 saturated carbocycles. The standard InChI is InChI=1S/C19H13F2NO3S.CH4/c1-10-2-4-11(5-3-10)18(23)22-15-9-16(26-17(15)19(24)25)12-6-13(20)8-14(21)7-12;/h2-9H,1H3,(H,22,23)(H,24,25);1H4. The van der Waals surface area contributed by atoms with Crippen LogP contribution in [-0.4, -0.2) is 17.0 Å². The molecule has 0 atom stereocenters. The average molecular weight is 389 g/mol. The lowest BCUT2D eigenvalue weighted by molar-refractivity contribution is 0.0703. The Labute approximate surface area is 159 Å². The van der Waals surface area contributed by atoms with E-state index in [2.05, 4.69) is 5.32 Å². The molecule has 3 aromatic rings. The second kappa shape index (κ2) is 8.09. The number of aryl methyl sites for hydroxylation is 1. The number of nitrogens with one attached hydrogen (secondary N) is 1. The number of carboxylic acids is 1. The maximum Gasteiger partial charge on any atom is 0.348 e. The van der Waals surface area contributed by atoms with Gasteiger partial charge < -0.3 is 10.4 Å². The molecule has 0 aliphatic heterocycles. The molecular formula is C20H17F2NO3S. The van der Waals surface area contributed by atoms with Gasteiger partial charge in [0.15, 0.2) is 0 Å². The molecule has 4 nitrogen and oxygen atoms in total. The lowest BCUT2D eigenvalue weighted by Gasteiger charge is -2.04. The quantitative estimate of drug-likeness (QED) is 0.611. The van der Waals surface area contributed by atoms with Gasteiger partial charge in [0.2, 0.25) is 0 Å². The topological polar surface area (TPSA) is 66.4 Å². The number of carboxylic acid groups (broad SMARTS) is 1. The van der Waals surface area contributed by atoms with Crippen molar-refractivity contribution in [3.05, 3.63) is 76.2 Å². The molecule has 0 bridgehead atoms. The van der Waals surface area contributed by atoms with Crippen LogP contribution in [0.15, 0.2) is 48.5 Å². The number of halogens is 2. The molecule has 27 heavy (non-hydrogen) atoms. The number of hydrogen-bond acceptors (Lipinski definition) is 3. The Kier molecular flexibility index (Phi) is 6.07. The Morgan fingerprint density at radius 3 is 2.15 bits per heavy atom. The van der Waals surface area contributed by atoms with Gasteiger partial charge in [0.05, 0.1) is 5.69 Å². The highest BCUT2D eigenvalue weighted by Crippen LogP contribution is 2.35. The monoisotopic (exact) mass is 389 g/mol. The van der Waals surface area contributed by atoms with Crippen molar-refractivity contribution in [3.63, 3.8) is 0 Å². The van der Waals surface area contributed by atoms with Crippen LogP contribution in [0.25, 0.3) is 10.4 Å². The van der Waals surface area contributed by atoms with Gasteiger partial charge in [-0.1, -0.05) is 25.1 Å². The lowest BCUT2D eigenvalue weighted by atomic mass is 10.1. The summed E-state index contributed by atoms with van der Waals surface area (Å²) in [6.45, 7) is 1.88. The summed E-state index contributed by atoms with van der Waals surface area (Å²) in [6, 6.07) is 11.1. The van der Waals surface area contributed by atoms with E-state index < -0.39 is 23.5 Å². The minimum atomic E-state index is -1.24. The molecule has 0 aliphatic rings. The molecular weight excluding hydrogens is 372 g/mol. The Morgan fingerprint density at radius 1 is 1.00 bits per heavy atom. The Hall–Kier alpha value is -3.06. The largest absolute Gasteiger partial charge is 0.477 e. The first-order valence-electron chi connectivity index (χ1n) is 7.55. The second-order valence-corrected chi connectivity index (χ2v) is 6.69. The highest BCUT2D eigenvalue weighted by atomic mass is 32.1. The normalized spacial score (nSPS) is 10.2. The first-order chi connectivity index (χ1) is 12.3. The van der Waals surface area contributed by atoms with Crippen molar-refractivity contribution in [2.75, 3.05) is 5.32 Å². The number of rotatable bonds is 4. The van der Waals surface area contributed by atoms with E-state index in [-0.39, 0.29) is 23.6 Å². The van der Waals surface area contributed by atoms with Crippen LogP contribution in [-0.2, 0) is 0 Å². The van der Waals surface area contributed by atoms with E-state index in [9.17, 15) is 23.5 Å². The molecule has 1 aromatic heterocycles. The molecule has 1 heterocycles. The summed E-state index contributed by atoms with van der Waals surface area (Å²) in [7, 11) is 0. The van der Waals surface area contributed by atoms with E-state index in [1.165, 1.54) is 6.07 Å². The van der Waals surface area contributed by atoms with Gasteiger partial charge in [0.25, 0.3) is 5.91 Å². The van der Waals surface area contributed by atoms with Crippen molar-refractivity contribution in [2.45, 2.75) is 14.4 Å². The zero-order chi connectivity index (χ0) is 18.8. The van der Waals surface area contributed by atoms with Gasteiger partial charge in [-0.05, 0) is 42.8 Å². The van der Waals surface area contributed by atoms with Crippen LogP contribution in [0.3, 0.4) is 0 Å². The van der Waals surface area contributed by atoms with E-state index in [1.54, 1.807) is 24.3 Å². The molecule has 7 heteroatoms. The van der Waals surface area contributed by atoms with Crippen LogP contribution in [0.1, 0.15) is 33.0 Å². The maximum atomic E-state index is 13.4. The second-order valence-electron chi connectivity index (χ2n) is 5.64. The molecule has 0 unspecified atom stereocenters. The third-order valence-electron chi connectivity index (χ3n) is 3.64. The number of anilines is 1. The molecule has 0 fully saturated rings. The summed E-state index contributed by atoms with van der Waals surface area (Å²) in [4.78, 5) is 24.0. The number of aromatic carboxylic acids is 1. The molecule has 2 N–H and O–H groups in total. The highest BCUT2D eigenvalue weighted by molar-refractivity contribution is 7.18. The van der Waals surface area contributed by atoms with Crippen LogP contribution >= 0.6 is 11.3 Å². The molecule has 0 saturated heterocycles. The van der Waals surface area contributed by atoms with Gasteiger partial charge >= 0.3 is 5.97 Å². The van der Waals surface area contributed by atoms with Gasteiger partial charge in [0.1, 0.15) is 16.5 Å². The average Bonchev–Trinajstić information content (AvgIpc) is 2.98. The Bertz CT molecular complexity index is 977. The summed E-state index contributed by atoms with van der Waals surface area (Å²) in [5.74, 6) is -3.24. The van der Waals surface area contributed by atoms with Gasteiger partial charge in [-0.15, -0.1) is 11.3 Å². The van der Waals surface area contributed by atoms with Crippen molar-refractivity contribution in [1.82, 2.24) is 0 Å². The minimum Gasteiger partial charge on any atom is -0.477 e. The lowest BCUT2D eigenvalue weighted by Crippen LogP contribution is -2.13. The van der Waals surface area contributed by atoms with Crippen molar-refractivity contribution >= 4 is 28.9 Å². The number of hydrogen-bond donors (Lipinski definition) is 2. The zero-order valence-electron chi connectivity index (χ0n) is 13.5. The predicted octanol–water partition coefficient (Wildman–Crippen LogP) is 5.59. The summed E-state index contributed by atoms with van der Waals surface area (Å²) in [6.07, 6.45) is 0. The molecule has 0 radical (unpaired) electrons. The number of carbonyl (C=O) groups is 2. The molecule has 2 aromatic carbocycles. The summed E-state index contributed by atoms with van der Waals surface area (Å²) >= 11 is 0.830. The third-order valence-corrected chi connectivity index (χ3v) is 4.81. The number of thiophene rings is 1. The fraction of sp³-hybridized carbons (Fsp3) is 0.100. The third kappa shape index (κ3) is 4.57. The van der Waals surface area contributed by atoms with Crippen LogP contribution < -0.4 is 5.32 Å². The van der Waals surface area contributed by atoms with Gasteiger partial charge in [0, 0.05) is 16.5 Å². The van der Waals surface area contributed by atoms with Crippen molar-refractivity contribution in [3.8, 4) is 10.4 Å². The molecule has 140 valence electrons. The van der Waals surface area contributed by atoms with Gasteiger partial charge in [-0.2, -0.15) is 0 Å². The number of carbonyl (C=O) groups excluding carboxylic acids is 1. The van der Waals surface area contributed by atoms with Crippen LogP contribution in [0.2, 0.25) is 0 Å². The van der Waals surface area contributed by atoms with Crippen LogP contribution in [0.5, 0.6) is 0 Å². The first kappa shape index (κ1) is 20.3. The van der Waals surface area contributed by atoms with Crippen molar-refractivity contribution < 1.29 is 23.5 Å². The summed E-state index contributed by atoms with van der Waals surface area (Å²) in [5, 5.41) is 11.9. The van der Waals surface area contributed by atoms with Crippen molar-refractivity contribution in [1.29, 1.82) is 0 Å². The SMILES string of the molecule is C.Cc1ccc(C(=O)Nc2cc(-c3cc(F)cc(F)c3)sc2C(=O)O)cc1. The van der Waals surface area contributed by atoms with E-state index in [0.717, 1.165) is 35.1 Å². The molecule has 0 spiro atoms. The molecule has 1 amide bonds. The zero-order valence-corrected chi connectivity index (χ0v) is 14.4. The van der Waals surface area contributed by atoms with Gasteiger partial charge in [-0.25, -0.2) is 13.6 Å². The smallest absolute Gasteiger partial charge is 0.348 e. The number of amides is 1. The number of benzene rings is 2. The fourth-order valence-corrected chi connectivity index (χ4v) is 3.32. The molecule has 3 rings (SSSR count). The summed E-state index contributed by atoms with van der Waals surface area (Å²) < 4.78 is 26.8. The van der Waals surface area contributed by atoms with Crippen LogP contribution in [0, 0.1) is 18.6 Å². The Balaban J connectivity index is 0.00000261. The maximum absolute atomic E-state index is 13.4. The Morgan fingerprint density at radius 2 is 1.59 bits per heavy atom. The highest BCUT2D eigenvalue weighted by Gasteiger charge is 2.19. The molecule has 0 aliphatic carbocycles.